The topological polar surface area (TPSA) is 38.7 Å². The van der Waals surface area contributed by atoms with Crippen molar-refractivity contribution in [2.24, 2.45) is 0 Å². The Morgan fingerprint density at radius 2 is 1.71 bits per heavy atom. The molecule has 3 heteroatoms. The molecule has 0 amide bonds. The van der Waals surface area contributed by atoms with Gasteiger partial charge in [0.25, 0.3) is 0 Å². The molecule has 0 bridgehead atoms. The lowest BCUT2D eigenvalue weighted by molar-refractivity contribution is 1.15. The van der Waals surface area contributed by atoms with Crippen molar-refractivity contribution in [3.63, 3.8) is 0 Å². The van der Waals surface area contributed by atoms with Crippen LogP contribution in [0.1, 0.15) is 25.1 Å². The summed E-state index contributed by atoms with van der Waals surface area (Å²) < 4.78 is 0. The highest BCUT2D eigenvalue weighted by Crippen LogP contribution is 2.11. The number of aromatic nitrogens is 3. The number of rotatable bonds is 0. The monoisotopic (exact) mass is 189 g/mol. The third-order valence-corrected chi connectivity index (χ3v) is 1.76. The van der Waals surface area contributed by atoms with Crippen LogP contribution in [0.2, 0.25) is 0 Å². The van der Waals surface area contributed by atoms with E-state index >= 15 is 0 Å². The SMILES string of the molecule is CC.Cc1cnc2cncc(C)c2n1. The van der Waals surface area contributed by atoms with E-state index in [1.807, 2.05) is 27.7 Å². The highest BCUT2D eigenvalue weighted by atomic mass is 14.8. The van der Waals surface area contributed by atoms with Gasteiger partial charge in [-0.05, 0) is 19.4 Å². The van der Waals surface area contributed by atoms with Crippen molar-refractivity contribution in [3.8, 4) is 0 Å². The van der Waals surface area contributed by atoms with Gasteiger partial charge in [0.15, 0.2) is 0 Å². The molecule has 2 aromatic heterocycles. The second kappa shape index (κ2) is 4.65. The summed E-state index contributed by atoms with van der Waals surface area (Å²) in [6, 6.07) is 0. The third kappa shape index (κ3) is 2.05. The van der Waals surface area contributed by atoms with Crippen LogP contribution in [0.25, 0.3) is 11.0 Å². The van der Waals surface area contributed by atoms with E-state index in [4.69, 9.17) is 0 Å². The number of fused-ring (bicyclic) bond motifs is 1. The molecule has 0 aliphatic heterocycles. The normalized spacial score (nSPS) is 9.43. The standard InChI is InChI=1S/C9H9N3.C2H6/c1-6-3-10-5-8-9(6)12-7(2)4-11-8;1-2/h3-5H,1-2H3;1-2H3. The van der Waals surface area contributed by atoms with Crippen molar-refractivity contribution < 1.29 is 0 Å². The van der Waals surface area contributed by atoms with Gasteiger partial charge in [-0.1, -0.05) is 13.8 Å². The molecular formula is C11H15N3. The molecule has 14 heavy (non-hydrogen) atoms. The molecule has 0 fully saturated rings. The molecule has 0 saturated carbocycles. The smallest absolute Gasteiger partial charge is 0.107 e. The maximum Gasteiger partial charge on any atom is 0.107 e. The zero-order valence-corrected chi connectivity index (χ0v) is 9.07. The lowest BCUT2D eigenvalue weighted by Crippen LogP contribution is -1.90. The molecule has 0 aliphatic rings. The van der Waals surface area contributed by atoms with Crippen LogP contribution in [0.4, 0.5) is 0 Å². The zero-order chi connectivity index (χ0) is 10.6. The molecule has 74 valence electrons. The maximum atomic E-state index is 4.37. The Hall–Kier alpha value is -1.51. The van der Waals surface area contributed by atoms with Crippen LogP contribution in [0.3, 0.4) is 0 Å². The van der Waals surface area contributed by atoms with Gasteiger partial charge in [-0.3, -0.25) is 9.97 Å². The van der Waals surface area contributed by atoms with Crippen molar-refractivity contribution in [1.29, 1.82) is 0 Å². The van der Waals surface area contributed by atoms with E-state index in [1.54, 1.807) is 18.6 Å². The molecule has 2 rings (SSSR count). The minimum Gasteiger partial charge on any atom is -0.262 e. The van der Waals surface area contributed by atoms with Crippen LogP contribution in [-0.2, 0) is 0 Å². The maximum absolute atomic E-state index is 4.37. The largest absolute Gasteiger partial charge is 0.262 e. The van der Waals surface area contributed by atoms with E-state index in [-0.39, 0.29) is 0 Å². The van der Waals surface area contributed by atoms with E-state index in [0.717, 1.165) is 22.3 Å². The van der Waals surface area contributed by atoms with Gasteiger partial charge in [0, 0.05) is 12.4 Å². The molecule has 0 aliphatic carbocycles. The number of hydrogen-bond donors (Lipinski definition) is 0. The molecule has 0 unspecified atom stereocenters. The Bertz CT molecular complexity index is 424. The van der Waals surface area contributed by atoms with Gasteiger partial charge in [0.1, 0.15) is 5.52 Å². The molecule has 0 N–H and O–H groups in total. The van der Waals surface area contributed by atoms with E-state index in [1.165, 1.54) is 0 Å². The Balaban J connectivity index is 0.000000461. The van der Waals surface area contributed by atoms with E-state index < -0.39 is 0 Å². The predicted molar refractivity (Wildman–Crippen MR) is 58.2 cm³/mol. The molecule has 0 atom stereocenters. The van der Waals surface area contributed by atoms with Crippen LogP contribution >= 0.6 is 0 Å². The summed E-state index contributed by atoms with van der Waals surface area (Å²) in [6.07, 6.45) is 5.29. The summed E-state index contributed by atoms with van der Waals surface area (Å²) in [5, 5.41) is 0. The highest BCUT2D eigenvalue weighted by Gasteiger charge is 1.99. The summed E-state index contributed by atoms with van der Waals surface area (Å²) in [4.78, 5) is 12.6. The second-order valence-electron chi connectivity index (χ2n) is 2.84. The van der Waals surface area contributed by atoms with Gasteiger partial charge in [-0.25, -0.2) is 4.98 Å². The van der Waals surface area contributed by atoms with Gasteiger partial charge < -0.3 is 0 Å². The highest BCUT2D eigenvalue weighted by molar-refractivity contribution is 5.76. The van der Waals surface area contributed by atoms with Gasteiger partial charge in [0.05, 0.1) is 17.4 Å². The van der Waals surface area contributed by atoms with Gasteiger partial charge >= 0.3 is 0 Å². The number of aryl methyl sites for hydroxylation is 2. The van der Waals surface area contributed by atoms with Crippen molar-refractivity contribution in [2.75, 3.05) is 0 Å². The lowest BCUT2D eigenvalue weighted by Gasteiger charge is -1.99. The van der Waals surface area contributed by atoms with Crippen molar-refractivity contribution in [3.05, 3.63) is 29.8 Å². The van der Waals surface area contributed by atoms with Gasteiger partial charge in [-0.15, -0.1) is 0 Å². The minimum absolute atomic E-state index is 0.862. The molecule has 3 nitrogen and oxygen atoms in total. The lowest BCUT2D eigenvalue weighted by atomic mass is 10.2. The fourth-order valence-electron chi connectivity index (χ4n) is 1.15. The molecule has 0 spiro atoms. The van der Waals surface area contributed by atoms with Crippen LogP contribution in [-0.4, -0.2) is 15.0 Å². The Morgan fingerprint density at radius 1 is 1.00 bits per heavy atom. The molecule has 2 aromatic rings. The molecule has 2 heterocycles. The first-order chi connectivity index (χ1) is 6.77. The van der Waals surface area contributed by atoms with Crippen molar-refractivity contribution in [2.45, 2.75) is 27.7 Å². The van der Waals surface area contributed by atoms with Crippen LogP contribution in [0.5, 0.6) is 0 Å². The zero-order valence-electron chi connectivity index (χ0n) is 9.07. The predicted octanol–water partition coefficient (Wildman–Crippen LogP) is 2.67. The van der Waals surface area contributed by atoms with E-state index in [2.05, 4.69) is 15.0 Å². The Kier molecular flexibility index (Phi) is 3.51. The summed E-state index contributed by atoms with van der Waals surface area (Å²) in [7, 11) is 0. The fourth-order valence-corrected chi connectivity index (χ4v) is 1.15. The molecular weight excluding hydrogens is 174 g/mol. The average molecular weight is 189 g/mol. The van der Waals surface area contributed by atoms with Gasteiger partial charge in [0.2, 0.25) is 0 Å². The van der Waals surface area contributed by atoms with Crippen molar-refractivity contribution >= 4 is 11.0 Å². The summed E-state index contributed by atoms with van der Waals surface area (Å²) >= 11 is 0. The summed E-state index contributed by atoms with van der Waals surface area (Å²) in [5.74, 6) is 0. The second-order valence-corrected chi connectivity index (χ2v) is 2.84. The first-order valence-electron chi connectivity index (χ1n) is 4.81. The first-order valence-corrected chi connectivity index (χ1v) is 4.81. The Labute approximate surface area is 84.2 Å². The molecule has 0 saturated heterocycles. The first kappa shape index (κ1) is 10.6. The van der Waals surface area contributed by atoms with Gasteiger partial charge in [-0.2, -0.15) is 0 Å². The fraction of sp³-hybridized carbons (Fsp3) is 0.364. The van der Waals surface area contributed by atoms with Crippen LogP contribution in [0, 0.1) is 13.8 Å². The number of pyridine rings is 1. The molecule has 0 aromatic carbocycles. The minimum atomic E-state index is 0.862. The number of hydrogen-bond acceptors (Lipinski definition) is 3. The number of nitrogens with zero attached hydrogens (tertiary/aromatic N) is 3. The van der Waals surface area contributed by atoms with Crippen molar-refractivity contribution in [1.82, 2.24) is 15.0 Å². The quantitative estimate of drug-likeness (QED) is 0.639. The van der Waals surface area contributed by atoms with Crippen LogP contribution in [0.15, 0.2) is 18.6 Å². The van der Waals surface area contributed by atoms with E-state index in [9.17, 15) is 0 Å². The van der Waals surface area contributed by atoms with E-state index in [0.29, 0.717) is 0 Å². The molecule has 0 radical (unpaired) electrons. The summed E-state index contributed by atoms with van der Waals surface area (Å²) in [6.45, 7) is 7.93. The third-order valence-electron chi connectivity index (χ3n) is 1.76. The summed E-state index contributed by atoms with van der Waals surface area (Å²) in [5.41, 5.74) is 3.83. The average Bonchev–Trinajstić information content (AvgIpc) is 2.22. The van der Waals surface area contributed by atoms with Crippen LogP contribution < -0.4 is 0 Å². The Morgan fingerprint density at radius 3 is 2.43 bits per heavy atom.